The van der Waals surface area contributed by atoms with Crippen LogP contribution in [0.5, 0.6) is 0 Å². The topological polar surface area (TPSA) is 26.0 Å². The van der Waals surface area contributed by atoms with Crippen LogP contribution in [0.2, 0.25) is 5.02 Å². The second-order valence-corrected chi connectivity index (χ2v) is 3.65. The molecule has 4 heteroatoms. The molecule has 13 heavy (non-hydrogen) atoms. The molecular weight excluding hydrogens is 212 g/mol. The molecule has 0 heterocycles. The zero-order valence-electron chi connectivity index (χ0n) is 6.84. The van der Waals surface area contributed by atoms with Crippen molar-refractivity contribution in [3.8, 4) is 0 Å². The summed E-state index contributed by atoms with van der Waals surface area (Å²) in [5.74, 6) is 0.0369. The molecule has 0 aliphatic heterocycles. The number of hydrogen-bond donors (Lipinski definition) is 1. The molecule has 2 N–H and O–H groups in total. The maximum atomic E-state index is 12.8. The minimum Gasteiger partial charge on any atom is -0.327 e. The van der Waals surface area contributed by atoms with Crippen LogP contribution < -0.4 is 5.73 Å². The van der Waals surface area contributed by atoms with Crippen molar-refractivity contribution in [2.75, 3.05) is 0 Å². The van der Waals surface area contributed by atoms with Crippen molar-refractivity contribution in [2.24, 2.45) is 5.73 Å². The number of benzene rings is 1. The van der Waals surface area contributed by atoms with Crippen molar-refractivity contribution in [1.82, 2.24) is 0 Å². The molecule has 1 nitrogen and oxygen atoms in total. The van der Waals surface area contributed by atoms with Crippen LogP contribution in [0.15, 0.2) is 18.2 Å². The summed E-state index contributed by atoms with van der Waals surface area (Å²) in [6, 6.07) is 4.78. The molecule has 72 valence electrons. The van der Waals surface area contributed by atoms with Gasteiger partial charge in [0.05, 0.1) is 0 Å². The Kier molecular flexibility index (Phi) is 3.17. The van der Waals surface area contributed by atoms with E-state index in [1.54, 1.807) is 6.07 Å². The predicted octanol–water partition coefficient (Wildman–Crippen LogP) is 2.72. The predicted molar refractivity (Wildman–Crippen MR) is 54.0 cm³/mol. The Balaban J connectivity index is 0.000000845. The van der Waals surface area contributed by atoms with Gasteiger partial charge in [-0.1, -0.05) is 11.6 Å². The Labute approximate surface area is 87.5 Å². The lowest BCUT2D eigenvalue weighted by Crippen LogP contribution is -2.01. The van der Waals surface area contributed by atoms with Crippen molar-refractivity contribution in [3.05, 3.63) is 34.6 Å². The molecule has 1 saturated carbocycles. The molecular formula is C9H10Cl2FN. The van der Waals surface area contributed by atoms with Gasteiger partial charge in [0.25, 0.3) is 0 Å². The second-order valence-electron chi connectivity index (χ2n) is 3.21. The number of rotatable bonds is 1. The first kappa shape index (κ1) is 10.8. The van der Waals surface area contributed by atoms with E-state index < -0.39 is 0 Å². The molecule has 0 amide bonds. The summed E-state index contributed by atoms with van der Waals surface area (Å²) in [6.07, 6.45) is 0.944. The lowest BCUT2D eigenvalue weighted by atomic mass is 10.1. The van der Waals surface area contributed by atoms with Crippen LogP contribution in [0.4, 0.5) is 4.39 Å². The lowest BCUT2D eigenvalue weighted by molar-refractivity contribution is 0.625. The van der Waals surface area contributed by atoms with Crippen molar-refractivity contribution in [1.29, 1.82) is 0 Å². The van der Waals surface area contributed by atoms with Gasteiger partial charge in [-0.2, -0.15) is 0 Å². The number of hydrogen-bond acceptors (Lipinski definition) is 1. The van der Waals surface area contributed by atoms with E-state index in [1.165, 1.54) is 12.1 Å². The van der Waals surface area contributed by atoms with Gasteiger partial charge in [-0.15, -0.1) is 12.4 Å². The Bertz CT molecular complexity index is 296. The first-order valence-electron chi connectivity index (χ1n) is 3.88. The zero-order chi connectivity index (χ0) is 8.72. The highest BCUT2D eigenvalue weighted by molar-refractivity contribution is 6.30. The third-order valence-electron chi connectivity index (χ3n) is 2.15. The summed E-state index contributed by atoms with van der Waals surface area (Å²) in [7, 11) is 0. The third kappa shape index (κ3) is 2.33. The maximum Gasteiger partial charge on any atom is 0.124 e. The number of halogens is 3. The van der Waals surface area contributed by atoms with E-state index in [0.29, 0.717) is 10.9 Å². The summed E-state index contributed by atoms with van der Waals surface area (Å²) in [4.78, 5) is 0. The summed E-state index contributed by atoms with van der Waals surface area (Å²) >= 11 is 5.69. The highest BCUT2D eigenvalue weighted by atomic mass is 35.5. The highest BCUT2D eigenvalue weighted by Crippen LogP contribution is 2.39. The van der Waals surface area contributed by atoms with Crippen LogP contribution in [0.1, 0.15) is 17.9 Å². The fourth-order valence-corrected chi connectivity index (χ4v) is 1.62. The van der Waals surface area contributed by atoms with Crippen LogP contribution in [-0.4, -0.2) is 6.04 Å². The Hall–Kier alpha value is -0.310. The van der Waals surface area contributed by atoms with Gasteiger partial charge >= 0.3 is 0 Å². The quantitative estimate of drug-likeness (QED) is 0.776. The summed E-state index contributed by atoms with van der Waals surface area (Å²) in [5, 5.41) is 0.448. The van der Waals surface area contributed by atoms with E-state index in [9.17, 15) is 4.39 Å². The summed E-state index contributed by atoms with van der Waals surface area (Å²) in [6.45, 7) is 0. The van der Waals surface area contributed by atoms with Crippen LogP contribution >= 0.6 is 24.0 Å². The van der Waals surface area contributed by atoms with Gasteiger partial charge in [-0.25, -0.2) is 4.39 Å². The largest absolute Gasteiger partial charge is 0.327 e. The lowest BCUT2D eigenvalue weighted by Gasteiger charge is -1.99. The van der Waals surface area contributed by atoms with Crippen LogP contribution in [0, 0.1) is 5.82 Å². The van der Waals surface area contributed by atoms with Gasteiger partial charge in [0.1, 0.15) is 5.82 Å². The fraction of sp³-hybridized carbons (Fsp3) is 0.333. The first-order chi connectivity index (χ1) is 5.66. The fourth-order valence-electron chi connectivity index (χ4n) is 1.39. The molecule has 1 aliphatic rings. The smallest absolute Gasteiger partial charge is 0.124 e. The average molecular weight is 222 g/mol. The Morgan fingerprint density at radius 3 is 2.46 bits per heavy atom. The van der Waals surface area contributed by atoms with E-state index in [1.807, 2.05) is 0 Å². The molecule has 0 aromatic heterocycles. The van der Waals surface area contributed by atoms with E-state index in [0.717, 1.165) is 12.0 Å². The average Bonchev–Trinajstić information content (AvgIpc) is 2.64. The third-order valence-corrected chi connectivity index (χ3v) is 2.37. The van der Waals surface area contributed by atoms with Crippen LogP contribution in [-0.2, 0) is 0 Å². The molecule has 0 spiro atoms. The highest BCUT2D eigenvalue weighted by Gasteiger charge is 2.35. The van der Waals surface area contributed by atoms with Gasteiger partial charge in [-0.3, -0.25) is 0 Å². The van der Waals surface area contributed by atoms with E-state index in [4.69, 9.17) is 17.3 Å². The van der Waals surface area contributed by atoms with E-state index in [2.05, 4.69) is 0 Å². The summed E-state index contributed by atoms with van der Waals surface area (Å²) < 4.78 is 12.8. The second kappa shape index (κ2) is 3.82. The molecule has 2 rings (SSSR count). The molecule has 2 atom stereocenters. The summed E-state index contributed by atoms with van der Waals surface area (Å²) in [5.41, 5.74) is 6.56. The van der Waals surface area contributed by atoms with Crippen molar-refractivity contribution >= 4 is 24.0 Å². The standard InChI is InChI=1S/C9H9ClFN.ClH/c10-6-1-5(2-7(11)3-6)8-4-9(8)12;/h1-3,8-9H,4,12H2;1H. The van der Waals surface area contributed by atoms with E-state index >= 15 is 0 Å². The normalized spacial score (nSPS) is 25.2. The molecule has 0 radical (unpaired) electrons. The zero-order valence-corrected chi connectivity index (χ0v) is 8.41. The molecule has 2 unspecified atom stereocenters. The van der Waals surface area contributed by atoms with Crippen LogP contribution in [0.3, 0.4) is 0 Å². The molecule has 1 aliphatic carbocycles. The molecule has 1 aromatic carbocycles. The monoisotopic (exact) mass is 221 g/mol. The number of nitrogens with two attached hydrogens (primary N) is 1. The molecule has 1 aromatic rings. The van der Waals surface area contributed by atoms with Crippen LogP contribution in [0.25, 0.3) is 0 Å². The SMILES string of the molecule is Cl.NC1CC1c1cc(F)cc(Cl)c1. The molecule has 0 saturated heterocycles. The first-order valence-corrected chi connectivity index (χ1v) is 4.26. The molecule has 1 fully saturated rings. The van der Waals surface area contributed by atoms with Gasteiger partial charge in [0.2, 0.25) is 0 Å². The van der Waals surface area contributed by atoms with Gasteiger partial charge in [0, 0.05) is 17.0 Å². The minimum atomic E-state index is -0.281. The maximum absolute atomic E-state index is 12.8. The molecule has 0 bridgehead atoms. The Morgan fingerprint density at radius 2 is 2.00 bits per heavy atom. The minimum absolute atomic E-state index is 0. The van der Waals surface area contributed by atoms with Crippen molar-refractivity contribution < 1.29 is 4.39 Å². The van der Waals surface area contributed by atoms with E-state index in [-0.39, 0.29) is 24.3 Å². The van der Waals surface area contributed by atoms with Gasteiger partial charge < -0.3 is 5.73 Å². The van der Waals surface area contributed by atoms with Gasteiger partial charge in [0.15, 0.2) is 0 Å². The van der Waals surface area contributed by atoms with Gasteiger partial charge in [-0.05, 0) is 30.2 Å². The van der Waals surface area contributed by atoms with Crippen molar-refractivity contribution in [3.63, 3.8) is 0 Å². The Morgan fingerprint density at radius 1 is 1.38 bits per heavy atom. The van der Waals surface area contributed by atoms with Crippen molar-refractivity contribution in [2.45, 2.75) is 18.4 Å².